The van der Waals surface area contributed by atoms with Crippen LogP contribution < -0.4 is 4.74 Å². The normalized spacial score (nSPS) is 12.1. The van der Waals surface area contributed by atoms with E-state index in [9.17, 15) is 5.11 Å². The SMILES string of the molecule is C=CCCC(O)CCc1ccc(OC)cc1. The quantitative estimate of drug-likeness (QED) is 0.716. The van der Waals surface area contributed by atoms with Crippen molar-refractivity contribution in [2.75, 3.05) is 7.11 Å². The highest BCUT2D eigenvalue weighted by molar-refractivity contribution is 5.27. The molecular weight excluding hydrogens is 200 g/mol. The fraction of sp³-hybridized carbons (Fsp3) is 0.429. The van der Waals surface area contributed by atoms with Gasteiger partial charge in [-0.25, -0.2) is 0 Å². The number of rotatable bonds is 7. The molecule has 1 aromatic carbocycles. The van der Waals surface area contributed by atoms with E-state index in [2.05, 4.69) is 6.58 Å². The molecule has 1 rings (SSSR count). The highest BCUT2D eigenvalue weighted by Crippen LogP contribution is 2.14. The Bertz CT molecular complexity index is 303. The Morgan fingerprint density at radius 3 is 2.56 bits per heavy atom. The third-order valence-electron chi connectivity index (χ3n) is 2.63. The van der Waals surface area contributed by atoms with Crippen molar-refractivity contribution in [3.8, 4) is 5.75 Å². The number of ether oxygens (including phenoxy) is 1. The molecule has 0 saturated carbocycles. The number of aryl methyl sites for hydroxylation is 1. The van der Waals surface area contributed by atoms with Crippen molar-refractivity contribution in [3.63, 3.8) is 0 Å². The predicted molar refractivity (Wildman–Crippen MR) is 66.8 cm³/mol. The van der Waals surface area contributed by atoms with E-state index in [1.165, 1.54) is 5.56 Å². The molecule has 1 aromatic rings. The van der Waals surface area contributed by atoms with Crippen LogP contribution in [0.2, 0.25) is 0 Å². The maximum Gasteiger partial charge on any atom is 0.118 e. The number of hydrogen-bond donors (Lipinski definition) is 1. The predicted octanol–water partition coefficient (Wildman–Crippen LogP) is 2.95. The minimum Gasteiger partial charge on any atom is -0.497 e. The van der Waals surface area contributed by atoms with Crippen LogP contribution in [-0.2, 0) is 6.42 Å². The molecule has 0 heterocycles. The fourth-order valence-corrected chi connectivity index (χ4v) is 1.58. The van der Waals surface area contributed by atoms with Gasteiger partial charge in [-0.05, 0) is 43.4 Å². The summed E-state index contributed by atoms with van der Waals surface area (Å²) in [6, 6.07) is 7.98. The van der Waals surface area contributed by atoms with Gasteiger partial charge in [0.15, 0.2) is 0 Å². The molecule has 88 valence electrons. The fourth-order valence-electron chi connectivity index (χ4n) is 1.58. The van der Waals surface area contributed by atoms with Crippen molar-refractivity contribution in [3.05, 3.63) is 42.5 Å². The van der Waals surface area contributed by atoms with Crippen LogP contribution in [0.4, 0.5) is 0 Å². The van der Waals surface area contributed by atoms with Gasteiger partial charge >= 0.3 is 0 Å². The summed E-state index contributed by atoms with van der Waals surface area (Å²) in [6.45, 7) is 3.65. The van der Waals surface area contributed by atoms with Crippen molar-refractivity contribution in [1.82, 2.24) is 0 Å². The lowest BCUT2D eigenvalue weighted by molar-refractivity contribution is 0.156. The first-order valence-electron chi connectivity index (χ1n) is 5.68. The number of aliphatic hydroxyl groups is 1. The van der Waals surface area contributed by atoms with Gasteiger partial charge in [0.1, 0.15) is 5.75 Å². The average molecular weight is 220 g/mol. The van der Waals surface area contributed by atoms with Gasteiger partial charge in [-0.3, -0.25) is 0 Å². The van der Waals surface area contributed by atoms with Gasteiger partial charge in [-0.15, -0.1) is 6.58 Å². The second-order valence-electron chi connectivity index (χ2n) is 3.91. The van der Waals surface area contributed by atoms with Gasteiger partial charge < -0.3 is 9.84 Å². The minimum absolute atomic E-state index is 0.222. The van der Waals surface area contributed by atoms with Gasteiger partial charge in [-0.1, -0.05) is 18.2 Å². The highest BCUT2D eigenvalue weighted by atomic mass is 16.5. The summed E-state index contributed by atoms with van der Waals surface area (Å²) in [7, 11) is 1.66. The van der Waals surface area contributed by atoms with Crippen molar-refractivity contribution in [2.24, 2.45) is 0 Å². The molecule has 16 heavy (non-hydrogen) atoms. The molecule has 0 aromatic heterocycles. The molecule has 1 atom stereocenters. The zero-order valence-electron chi connectivity index (χ0n) is 9.86. The molecule has 0 aliphatic rings. The van der Waals surface area contributed by atoms with Crippen LogP contribution in [0, 0.1) is 0 Å². The maximum atomic E-state index is 9.67. The first kappa shape index (κ1) is 12.8. The number of hydrogen-bond acceptors (Lipinski definition) is 2. The zero-order chi connectivity index (χ0) is 11.8. The van der Waals surface area contributed by atoms with E-state index in [1.54, 1.807) is 7.11 Å². The van der Waals surface area contributed by atoms with Crippen LogP contribution >= 0.6 is 0 Å². The van der Waals surface area contributed by atoms with E-state index in [1.807, 2.05) is 30.3 Å². The molecule has 1 N–H and O–H groups in total. The number of methoxy groups -OCH3 is 1. The summed E-state index contributed by atoms with van der Waals surface area (Å²) < 4.78 is 5.09. The van der Waals surface area contributed by atoms with Crippen molar-refractivity contribution >= 4 is 0 Å². The molecule has 1 unspecified atom stereocenters. The van der Waals surface area contributed by atoms with E-state index in [0.717, 1.165) is 31.4 Å². The van der Waals surface area contributed by atoms with Crippen LogP contribution in [0.1, 0.15) is 24.8 Å². The minimum atomic E-state index is -0.222. The first-order chi connectivity index (χ1) is 7.76. The Hall–Kier alpha value is -1.28. The van der Waals surface area contributed by atoms with Gasteiger partial charge in [0.2, 0.25) is 0 Å². The lowest BCUT2D eigenvalue weighted by Crippen LogP contribution is -2.07. The molecule has 2 nitrogen and oxygen atoms in total. The van der Waals surface area contributed by atoms with Gasteiger partial charge in [0, 0.05) is 0 Å². The summed E-state index contributed by atoms with van der Waals surface area (Å²) in [5.74, 6) is 0.871. The average Bonchev–Trinajstić information content (AvgIpc) is 2.34. The van der Waals surface area contributed by atoms with Crippen LogP contribution in [-0.4, -0.2) is 18.3 Å². The summed E-state index contributed by atoms with van der Waals surface area (Å²) in [4.78, 5) is 0. The van der Waals surface area contributed by atoms with Gasteiger partial charge in [0.25, 0.3) is 0 Å². The lowest BCUT2D eigenvalue weighted by atomic mass is 10.0. The molecule has 0 bridgehead atoms. The zero-order valence-corrected chi connectivity index (χ0v) is 9.86. The number of aliphatic hydroxyl groups excluding tert-OH is 1. The Labute approximate surface area is 97.6 Å². The molecule has 2 heteroatoms. The number of allylic oxidation sites excluding steroid dienone is 1. The second-order valence-corrected chi connectivity index (χ2v) is 3.91. The summed E-state index contributed by atoms with van der Waals surface area (Å²) in [6.07, 6.45) is 5.02. The van der Waals surface area contributed by atoms with Crippen molar-refractivity contribution in [2.45, 2.75) is 31.8 Å². The van der Waals surface area contributed by atoms with Gasteiger partial charge in [0.05, 0.1) is 13.2 Å². The summed E-state index contributed by atoms with van der Waals surface area (Å²) >= 11 is 0. The van der Waals surface area contributed by atoms with Crippen LogP contribution in [0.3, 0.4) is 0 Å². The van der Waals surface area contributed by atoms with E-state index in [-0.39, 0.29) is 6.10 Å². The number of benzene rings is 1. The Balaban J connectivity index is 2.33. The highest BCUT2D eigenvalue weighted by Gasteiger charge is 2.03. The first-order valence-corrected chi connectivity index (χ1v) is 5.68. The molecule has 0 fully saturated rings. The van der Waals surface area contributed by atoms with E-state index >= 15 is 0 Å². The Morgan fingerprint density at radius 1 is 1.31 bits per heavy atom. The smallest absolute Gasteiger partial charge is 0.118 e. The van der Waals surface area contributed by atoms with Crippen LogP contribution in [0.15, 0.2) is 36.9 Å². The Morgan fingerprint density at radius 2 is 2.00 bits per heavy atom. The summed E-state index contributed by atoms with van der Waals surface area (Å²) in [5.41, 5.74) is 1.23. The molecule has 0 amide bonds. The van der Waals surface area contributed by atoms with Gasteiger partial charge in [-0.2, -0.15) is 0 Å². The van der Waals surface area contributed by atoms with E-state index in [0.29, 0.717) is 0 Å². The standard InChI is InChI=1S/C14H20O2/c1-3-4-5-13(15)9-6-12-7-10-14(16-2)11-8-12/h3,7-8,10-11,13,15H,1,4-6,9H2,2H3. The van der Waals surface area contributed by atoms with E-state index < -0.39 is 0 Å². The monoisotopic (exact) mass is 220 g/mol. The molecule has 0 spiro atoms. The molecule has 0 aliphatic carbocycles. The topological polar surface area (TPSA) is 29.5 Å². The largest absolute Gasteiger partial charge is 0.497 e. The lowest BCUT2D eigenvalue weighted by Gasteiger charge is -2.09. The molecular formula is C14H20O2. The molecule has 0 saturated heterocycles. The molecule has 0 radical (unpaired) electrons. The van der Waals surface area contributed by atoms with Crippen molar-refractivity contribution in [1.29, 1.82) is 0 Å². The van der Waals surface area contributed by atoms with Crippen molar-refractivity contribution < 1.29 is 9.84 Å². The molecule has 0 aliphatic heterocycles. The Kier molecular flexibility index (Phi) is 5.65. The second kappa shape index (κ2) is 7.07. The van der Waals surface area contributed by atoms with E-state index in [4.69, 9.17) is 4.74 Å². The summed E-state index contributed by atoms with van der Waals surface area (Å²) in [5, 5.41) is 9.67. The third-order valence-corrected chi connectivity index (χ3v) is 2.63. The van der Waals surface area contributed by atoms with Crippen LogP contribution in [0.25, 0.3) is 0 Å². The third kappa shape index (κ3) is 4.49. The maximum absolute atomic E-state index is 9.67. The van der Waals surface area contributed by atoms with Crippen LogP contribution in [0.5, 0.6) is 5.75 Å².